The Morgan fingerprint density at radius 3 is 2.85 bits per heavy atom. The topological polar surface area (TPSA) is 74.8 Å². The van der Waals surface area contributed by atoms with E-state index in [1.807, 2.05) is 0 Å². The highest BCUT2D eigenvalue weighted by molar-refractivity contribution is 5.94. The predicted octanol–water partition coefficient (Wildman–Crippen LogP) is 2.01. The number of hydrogen-bond donors (Lipinski definition) is 2. The van der Waals surface area contributed by atoms with Crippen LogP contribution in [0.4, 0.5) is 0 Å². The molecule has 20 heavy (non-hydrogen) atoms. The third-order valence-corrected chi connectivity index (χ3v) is 3.56. The fourth-order valence-corrected chi connectivity index (χ4v) is 2.55. The summed E-state index contributed by atoms with van der Waals surface area (Å²) in [5, 5.41) is 2.81. The van der Waals surface area contributed by atoms with E-state index < -0.39 is 0 Å². The zero-order valence-corrected chi connectivity index (χ0v) is 12.1. The number of carbonyl (C=O) groups excluding carboxylic acids is 1. The number of rotatable bonds is 4. The highest BCUT2D eigenvalue weighted by Gasteiger charge is 2.15. The molecule has 108 valence electrons. The first-order valence-corrected chi connectivity index (χ1v) is 7.11. The molecule has 1 heterocycles. The molecule has 2 N–H and O–H groups in total. The maximum Gasteiger partial charge on any atom is 0.264 e. The van der Waals surface area contributed by atoms with Crippen molar-refractivity contribution in [3.05, 3.63) is 39.1 Å². The zero-order valence-electron chi connectivity index (χ0n) is 12.1. The molecule has 0 aliphatic heterocycles. The summed E-state index contributed by atoms with van der Waals surface area (Å²) in [5.74, 6) is 0.184. The Bertz CT molecular complexity index is 587. The van der Waals surface area contributed by atoms with Crippen LogP contribution in [0.2, 0.25) is 0 Å². The molecular formula is C15H21N3O2. The zero-order chi connectivity index (χ0) is 14.5. The average Bonchev–Trinajstić information content (AvgIpc) is 2.38. The molecule has 1 aliphatic carbocycles. The van der Waals surface area contributed by atoms with Gasteiger partial charge in [0.2, 0.25) is 0 Å². The molecule has 0 saturated heterocycles. The van der Waals surface area contributed by atoms with Gasteiger partial charge in [0.05, 0.1) is 5.69 Å². The Hall–Kier alpha value is -1.91. The molecule has 0 atom stereocenters. The standard InChI is InChI=1S/C15H21N3O2/c1-10-13(15(20)18-11(2)17-10)14(19)16-9-8-12-6-4-3-5-7-12/h6H,3-5,7-9H2,1-2H3,(H,16,19)(H,17,18,20). The molecule has 0 bridgehead atoms. The molecule has 5 heteroatoms. The van der Waals surface area contributed by atoms with Gasteiger partial charge < -0.3 is 10.3 Å². The molecular weight excluding hydrogens is 254 g/mol. The summed E-state index contributed by atoms with van der Waals surface area (Å²) in [6.07, 6.45) is 7.90. The maximum absolute atomic E-state index is 12.0. The van der Waals surface area contributed by atoms with E-state index in [4.69, 9.17) is 0 Å². The predicted molar refractivity (Wildman–Crippen MR) is 77.8 cm³/mol. The van der Waals surface area contributed by atoms with E-state index in [2.05, 4.69) is 21.4 Å². The van der Waals surface area contributed by atoms with Crippen molar-refractivity contribution >= 4 is 5.91 Å². The molecule has 0 unspecified atom stereocenters. The van der Waals surface area contributed by atoms with Gasteiger partial charge in [-0.25, -0.2) is 4.98 Å². The van der Waals surface area contributed by atoms with Crippen molar-refractivity contribution in [1.82, 2.24) is 15.3 Å². The molecule has 1 aromatic rings. The van der Waals surface area contributed by atoms with Crippen LogP contribution in [0.5, 0.6) is 0 Å². The van der Waals surface area contributed by atoms with Gasteiger partial charge in [-0.05, 0) is 46.0 Å². The van der Waals surface area contributed by atoms with Crippen molar-refractivity contribution in [2.24, 2.45) is 0 Å². The van der Waals surface area contributed by atoms with Crippen molar-refractivity contribution in [3.8, 4) is 0 Å². The van der Waals surface area contributed by atoms with Crippen molar-refractivity contribution in [2.45, 2.75) is 46.0 Å². The molecule has 0 spiro atoms. The lowest BCUT2D eigenvalue weighted by Crippen LogP contribution is -2.32. The van der Waals surface area contributed by atoms with Gasteiger partial charge in [0.25, 0.3) is 11.5 Å². The van der Waals surface area contributed by atoms with Gasteiger partial charge in [-0.1, -0.05) is 11.6 Å². The maximum atomic E-state index is 12.0. The van der Waals surface area contributed by atoms with Gasteiger partial charge in [0.1, 0.15) is 11.4 Å². The summed E-state index contributed by atoms with van der Waals surface area (Å²) >= 11 is 0. The lowest BCUT2D eigenvalue weighted by atomic mass is 9.97. The first-order chi connectivity index (χ1) is 9.58. The number of nitrogens with one attached hydrogen (secondary N) is 2. The molecule has 5 nitrogen and oxygen atoms in total. The number of aromatic nitrogens is 2. The first kappa shape index (κ1) is 14.5. The molecule has 1 amide bonds. The lowest BCUT2D eigenvalue weighted by molar-refractivity contribution is 0.0951. The van der Waals surface area contributed by atoms with E-state index in [0.29, 0.717) is 18.1 Å². The van der Waals surface area contributed by atoms with E-state index in [-0.39, 0.29) is 17.0 Å². The number of aryl methyl sites for hydroxylation is 2. The average molecular weight is 275 g/mol. The summed E-state index contributed by atoms with van der Waals surface area (Å²) in [4.78, 5) is 30.5. The van der Waals surface area contributed by atoms with E-state index in [1.165, 1.54) is 18.4 Å². The van der Waals surface area contributed by atoms with Crippen molar-refractivity contribution in [1.29, 1.82) is 0 Å². The number of carbonyl (C=O) groups is 1. The highest BCUT2D eigenvalue weighted by Crippen LogP contribution is 2.19. The SMILES string of the molecule is Cc1nc(C)c(C(=O)NCCC2=CCCCC2)c(=O)[nH]1. The van der Waals surface area contributed by atoms with Crippen LogP contribution in [0.25, 0.3) is 0 Å². The van der Waals surface area contributed by atoms with Gasteiger partial charge in [0, 0.05) is 6.54 Å². The van der Waals surface area contributed by atoms with Crippen molar-refractivity contribution in [3.63, 3.8) is 0 Å². The Labute approximate surface area is 118 Å². The van der Waals surface area contributed by atoms with Crippen LogP contribution < -0.4 is 10.9 Å². The summed E-state index contributed by atoms with van der Waals surface area (Å²) in [6, 6.07) is 0. The van der Waals surface area contributed by atoms with Gasteiger partial charge in [-0.3, -0.25) is 9.59 Å². The third kappa shape index (κ3) is 3.56. The van der Waals surface area contributed by atoms with Crippen LogP contribution in [0.3, 0.4) is 0 Å². The first-order valence-electron chi connectivity index (χ1n) is 7.11. The smallest absolute Gasteiger partial charge is 0.264 e. The quantitative estimate of drug-likeness (QED) is 0.825. The Balaban J connectivity index is 1.95. The number of H-pyrrole nitrogens is 1. The Kier molecular flexibility index (Phi) is 4.71. The number of nitrogens with zero attached hydrogens (tertiary/aromatic N) is 1. The lowest BCUT2D eigenvalue weighted by Gasteiger charge is -2.13. The van der Waals surface area contributed by atoms with Gasteiger partial charge in [-0.2, -0.15) is 0 Å². The monoisotopic (exact) mass is 275 g/mol. The number of allylic oxidation sites excluding steroid dienone is 1. The van der Waals surface area contributed by atoms with Gasteiger partial charge in [-0.15, -0.1) is 0 Å². The third-order valence-electron chi connectivity index (χ3n) is 3.56. The van der Waals surface area contributed by atoms with Crippen molar-refractivity contribution in [2.75, 3.05) is 6.54 Å². The highest BCUT2D eigenvalue weighted by atomic mass is 16.2. The number of hydrogen-bond acceptors (Lipinski definition) is 3. The molecule has 0 saturated carbocycles. The van der Waals surface area contributed by atoms with Crippen LogP contribution in [0, 0.1) is 13.8 Å². The normalized spacial score (nSPS) is 14.8. The Morgan fingerprint density at radius 1 is 1.40 bits per heavy atom. The van der Waals surface area contributed by atoms with E-state index >= 15 is 0 Å². The second-order valence-electron chi connectivity index (χ2n) is 5.23. The largest absolute Gasteiger partial charge is 0.351 e. The van der Waals surface area contributed by atoms with Crippen LogP contribution in [0.1, 0.15) is 54.0 Å². The Morgan fingerprint density at radius 2 is 2.20 bits per heavy atom. The molecule has 0 aromatic carbocycles. The summed E-state index contributed by atoms with van der Waals surface area (Å²) in [5.41, 5.74) is 1.63. The molecule has 0 radical (unpaired) electrons. The fourth-order valence-electron chi connectivity index (χ4n) is 2.55. The minimum absolute atomic E-state index is 0.119. The summed E-state index contributed by atoms with van der Waals surface area (Å²) < 4.78 is 0. The second kappa shape index (κ2) is 6.50. The fraction of sp³-hybridized carbons (Fsp3) is 0.533. The minimum atomic E-state index is -0.371. The molecule has 2 rings (SSSR count). The molecule has 1 aliphatic rings. The van der Waals surface area contributed by atoms with Crippen LogP contribution >= 0.6 is 0 Å². The molecule has 0 fully saturated rings. The summed E-state index contributed by atoms with van der Waals surface area (Å²) in [7, 11) is 0. The van der Waals surface area contributed by atoms with E-state index in [1.54, 1.807) is 13.8 Å². The van der Waals surface area contributed by atoms with Gasteiger partial charge in [0.15, 0.2) is 0 Å². The van der Waals surface area contributed by atoms with Crippen LogP contribution in [-0.4, -0.2) is 22.4 Å². The minimum Gasteiger partial charge on any atom is -0.351 e. The number of aromatic amines is 1. The second-order valence-corrected chi connectivity index (χ2v) is 5.23. The van der Waals surface area contributed by atoms with Gasteiger partial charge >= 0.3 is 0 Å². The summed E-state index contributed by atoms with van der Waals surface area (Å²) in [6.45, 7) is 3.95. The van der Waals surface area contributed by atoms with E-state index in [9.17, 15) is 9.59 Å². The van der Waals surface area contributed by atoms with E-state index in [0.717, 1.165) is 19.3 Å². The van der Waals surface area contributed by atoms with Crippen LogP contribution in [0.15, 0.2) is 16.4 Å². The van der Waals surface area contributed by atoms with Crippen molar-refractivity contribution < 1.29 is 4.79 Å². The molecule has 1 aromatic heterocycles. The van der Waals surface area contributed by atoms with Crippen LogP contribution in [-0.2, 0) is 0 Å². The number of amides is 1.